The first kappa shape index (κ1) is 13.5. The monoisotopic (exact) mass is 280 g/mol. The van der Waals surface area contributed by atoms with Gasteiger partial charge >= 0.3 is 0 Å². The molecular weight excluding hydrogens is 252 g/mol. The molecule has 0 amide bonds. The maximum absolute atomic E-state index is 6.25. The fourth-order valence-electron chi connectivity index (χ4n) is 4.87. The second-order valence-electron chi connectivity index (χ2n) is 7.74. The maximum Gasteiger partial charge on any atom is 0.0853 e. The molecule has 5 aliphatic rings. The molecule has 0 radical (unpaired) electrons. The zero-order valence-electron chi connectivity index (χ0n) is 13.0. The minimum absolute atomic E-state index is 0.148. The van der Waals surface area contributed by atoms with E-state index in [1.54, 1.807) is 0 Å². The summed E-state index contributed by atoms with van der Waals surface area (Å²) in [6, 6.07) is 1.95. The van der Waals surface area contributed by atoms with Crippen LogP contribution in [0.3, 0.4) is 0 Å². The topological polar surface area (TPSA) is 24.9 Å². The molecule has 0 N–H and O–H groups in total. The summed E-state index contributed by atoms with van der Waals surface area (Å²) in [6.45, 7) is 11.3. The quantitative estimate of drug-likeness (QED) is 0.779. The van der Waals surface area contributed by atoms with Gasteiger partial charge in [-0.1, -0.05) is 0 Å². The standard InChI is InChI=1S/C16H28N2O2/c1-11(2)17-7-15-6-16(10-17,20-15)5-12(3)18-8-14-4-13(18)9-19-14/h11-15H,4-10H2,1-3H3. The third kappa shape index (κ3) is 2.12. The predicted molar refractivity (Wildman–Crippen MR) is 77.9 cm³/mol. The van der Waals surface area contributed by atoms with Gasteiger partial charge in [0, 0.05) is 44.2 Å². The molecule has 5 fully saturated rings. The highest BCUT2D eigenvalue weighted by Gasteiger charge is 2.53. The van der Waals surface area contributed by atoms with Gasteiger partial charge in [-0.2, -0.15) is 0 Å². The van der Waals surface area contributed by atoms with Crippen molar-refractivity contribution in [1.29, 1.82) is 0 Å². The SMILES string of the molecule is CC(C)N1CC2CC(CC(C)N3CC4CC3CO4)(C1)O2. The molecule has 5 unspecified atom stereocenters. The van der Waals surface area contributed by atoms with Crippen LogP contribution in [0.1, 0.15) is 40.0 Å². The third-order valence-electron chi connectivity index (χ3n) is 5.85. The summed E-state index contributed by atoms with van der Waals surface area (Å²) in [7, 11) is 0. The summed E-state index contributed by atoms with van der Waals surface area (Å²) in [5.41, 5.74) is 0.148. The second kappa shape index (κ2) is 4.67. The first-order valence-electron chi connectivity index (χ1n) is 8.34. The smallest absolute Gasteiger partial charge is 0.0853 e. The van der Waals surface area contributed by atoms with Gasteiger partial charge in [0.05, 0.1) is 24.4 Å². The lowest BCUT2D eigenvalue weighted by molar-refractivity contribution is -0.265. The molecule has 0 aliphatic carbocycles. The Labute approximate surface area is 122 Å². The molecule has 5 atom stereocenters. The number of morpholine rings is 2. The average molecular weight is 280 g/mol. The Bertz CT molecular complexity index is 381. The van der Waals surface area contributed by atoms with Crippen LogP contribution in [0.25, 0.3) is 0 Å². The van der Waals surface area contributed by atoms with Gasteiger partial charge in [0.15, 0.2) is 0 Å². The summed E-state index contributed by atoms with van der Waals surface area (Å²) < 4.78 is 12.0. The molecule has 0 aromatic carbocycles. The van der Waals surface area contributed by atoms with Gasteiger partial charge in [-0.25, -0.2) is 0 Å². The van der Waals surface area contributed by atoms with Crippen molar-refractivity contribution in [3.63, 3.8) is 0 Å². The second-order valence-corrected chi connectivity index (χ2v) is 7.74. The Morgan fingerprint density at radius 1 is 1.20 bits per heavy atom. The van der Waals surface area contributed by atoms with Crippen LogP contribution < -0.4 is 0 Å². The maximum atomic E-state index is 6.25. The molecule has 5 saturated heterocycles. The van der Waals surface area contributed by atoms with Gasteiger partial charge in [-0.05, 0) is 33.6 Å². The molecular formula is C16H28N2O2. The summed E-state index contributed by atoms with van der Waals surface area (Å²) in [5.74, 6) is 0. The Hall–Kier alpha value is -0.160. The summed E-state index contributed by atoms with van der Waals surface area (Å²) in [6.07, 6.45) is 4.72. The van der Waals surface area contributed by atoms with Crippen molar-refractivity contribution in [3.05, 3.63) is 0 Å². The number of likely N-dealkylation sites (tertiary alicyclic amines) is 1. The van der Waals surface area contributed by atoms with Crippen LogP contribution in [0.15, 0.2) is 0 Å². The van der Waals surface area contributed by atoms with Crippen molar-refractivity contribution in [2.24, 2.45) is 0 Å². The van der Waals surface area contributed by atoms with Gasteiger partial charge in [-0.15, -0.1) is 0 Å². The normalized spacial score (nSPS) is 45.9. The first-order valence-corrected chi connectivity index (χ1v) is 8.34. The van der Waals surface area contributed by atoms with E-state index in [4.69, 9.17) is 9.47 Å². The van der Waals surface area contributed by atoms with E-state index < -0.39 is 0 Å². The van der Waals surface area contributed by atoms with E-state index in [-0.39, 0.29) is 5.60 Å². The molecule has 20 heavy (non-hydrogen) atoms. The average Bonchev–Trinajstić information content (AvgIpc) is 2.99. The fourth-order valence-corrected chi connectivity index (χ4v) is 4.87. The molecule has 4 heteroatoms. The number of nitrogens with zero attached hydrogens (tertiary/aromatic N) is 2. The molecule has 4 nitrogen and oxygen atoms in total. The number of rotatable bonds is 4. The van der Waals surface area contributed by atoms with E-state index in [9.17, 15) is 0 Å². The van der Waals surface area contributed by atoms with Crippen LogP contribution in [-0.2, 0) is 9.47 Å². The van der Waals surface area contributed by atoms with E-state index >= 15 is 0 Å². The van der Waals surface area contributed by atoms with Gasteiger partial charge < -0.3 is 9.47 Å². The number of ether oxygens (including phenoxy) is 2. The molecule has 0 aromatic heterocycles. The van der Waals surface area contributed by atoms with Crippen LogP contribution >= 0.6 is 0 Å². The Kier molecular flexibility index (Phi) is 3.15. The highest BCUT2D eigenvalue weighted by molar-refractivity contribution is 5.05. The zero-order valence-corrected chi connectivity index (χ0v) is 13.0. The number of hydrogen-bond acceptors (Lipinski definition) is 4. The van der Waals surface area contributed by atoms with Gasteiger partial charge in [-0.3, -0.25) is 9.80 Å². The lowest BCUT2D eigenvalue weighted by Gasteiger charge is -2.58. The zero-order chi connectivity index (χ0) is 13.9. The predicted octanol–water partition coefficient (Wildman–Crippen LogP) is 1.49. The van der Waals surface area contributed by atoms with Crippen molar-refractivity contribution in [2.75, 3.05) is 26.2 Å². The van der Waals surface area contributed by atoms with E-state index in [1.807, 2.05) is 0 Å². The van der Waals surface area contributed by atoms with Crippen molar-refractivity contribution < 1.29 is 9.47 Å². The molecule has 114 valence electrons. The minimum atomic E-state index is 0.148. The van der Waals surface area contributed by atoms with E-state index in [0.29, 0.717) is 30.3 Å². The van der Waals surface area contributed by atoms with Crippen LogP contribution in [0, 0.1) is 0 Å². The fraction of sp³-hybridized carbons (Fsp3) is 1.00. The minimum Gasteiger partial charge on any atom is -0.375 e. The highest BCUT2D eigenvalue weighted by atomic mass is 16.5. The summed E-state index contributed by atoms with van der Waals surface area (Å²) >= 11 is 0. The number of piperidine rings is 1. The van der Waals surface area contributed by atoms with Crippen molar-refractivity contribution in [3.8, 4) is 0 Å². The van der Waals surface area contributed by atoms with E-state index in [1.165, 1.54) is 19.3 Å². The van der Waals surface area contributed by atoms with E-state index in [2.05, 4.69) is 30.6 Å². The van der Waals surface area contributed by atoms with Crippen molar-refractivity contribution in [2.45, 2.75) is 76.0 Å². The Morgan fingerprint density at radius 2 is 2.00 bits per heavy atom. The van der Waals surface area contributed by atoms with Crippen LogP contribution in [0.2, 0.25) is 0 Å². The lowest BCUT2D eigenvalue weighted by atomic mass is 9.79. The van der Waals surface area contributed by atoms with Gasteiger partial charge in [0.2, 0.25) is 0 Å². The Balaban J connectivity index is 1.39. The van der Waals surface area contributed by atoms with Crippen LogP contribution in [0.5, 0.6) is 0 Å². The molecule has 5 aliphatic heterocycles. The largest absolute Gasteiger partial charge is 0.375 e. The van der Waals surface area contributed by atoms with Crippen LogP contribution in [-0.4, -0.2) is 72.0 Å². The molecule has 0 aromatic rings. The molecule has 5 heterocycles. The van der Waals surface area contributed by atoms with Crippen molar-refractivity contribution >= 4 is 0 Å². The molecule has 5 rings (SSSR count). The number of hydrogen-bond donors (Lipinski definition) is 0. The van der Waals surface area contributed by atoms with Crippen molar-refractivity contribution in [1.82, 2.24) is 9.80 Å². The first-order chi connectivity index (χ1) is 9.55. The highest BCUT2D eigenvalue weighted by Crippen LogP contribution is 2.44. The van der Waals surface area contributed by atoms with Gasteiger partial charge in [0.25, 0.3) is 0 Å². The third-order valence-corrected chi connectivity index (χ3v) is 5.85. The summed E-state index contributed by atoms with van der Waals surface area (Å²) in [5, 5.41) is 0. The number of fused-ring (bicyclic) bond motifs is 4. The molecule has 0 spiro atoms. The van der Waals surface area contributed by atoms with Crippen LogP contribution in [0.4, 0.5) is 0 Å². The molecule has 4 bridgehead atoms. The van der Waals surface area contributed by atoms with E-state index in [0.717, 1.165) is 26.2 Å². The Morgan fingerprint density at radius 3 is 2.60 bits per heavy atom. The van der Waals surface area contributed by atoms with Gasteiger partial charge in [0.1, 0.15) is 0 Å². The molecule has 0 saturated carbocycles. The lowest BCUT2D eigenvalue weighted by Crippen LogP contribution is -2.68. The summed E-state index contributed by atoms with van der Waals surface area (Å²) in [4.78, 5) is 5.28.